The van der Waals surface area contributed by atoms with Crippen LogP contribution in [0.5, 0.6) is 17.2 Å². The zero-order valence-electron chi connectivity index (χ0n) is 23.2. The molecule has 1 saturated heterocycles. The number of ketones is 1. The molecule has 1 unspecified atom stereocenters. The van der Waals surface area contributed by atoms with E-state index in [0.717, 1.165) is 12.0 Å². The minimum atomic E-state index is -1.04. The van der Waals surface area contributed by atoms with Gasteiger partial charge >= 0.3 is 5.91 Å². The van der Waals surface area contributed by atoms with Crippen LogP contribution in [0.2, 0.25) is 0 Å². The summed E-state index contributed by atoms with van der Waals surface area (Å²) in [6.45, 7) is 4.58. The molecule has 1 aliphatic heterocycles. The number of aromatic nitrogens is 2. The second kappa shape index (κ2) is 12.7. The summed E-state index contributed by atoms with van der Waals surface area (Å²) < 4.78 is 11.5. The van der Waals surface area contributed by atoms with Crippen molar-refractivity contribution in [3.8, 4) is 17.2 Å². The SMILES string of the molecule is CCCOc1ccc(/C(O)=C2/C(=O)C(=O)N(c3nnc(SCc4ccc(C)cc4)s3)C2c2ccc(O)c(OC)c2)cc1. The molecule has 1 aromatic heterocycles. The lowest BCUT2D eigenvalue weighted by atomic mass is 9.95. The van der Waals surface area contributed by atoms with Crippen molar-refractivity contribution in [2.24, 2.45) is 0 Å². The third-order valence-electron chi connectivity index (χ3n) is 6.65. The van der Waals surface area contributed by atoms with Crippen LogP contribution in [-0.4, -0.2) is 45.8 Å². The number of phenolic OH excluding ortho intramolecular Hbond substituents is 1. The Morgan fingerprint density at radius 2 is 1.79 bits per heavy atom. The van der Waals surface area contributed by atoms with Gasteiger partial charge in [-0.25, -0.2) is 0 Å². The minimum Gasteiger partial charge on any atom is -0.507 e. The summed E-state index contributed by atoms with van der Waals surface area (Å²) in [5.74, 6) is -0.715. The smallest absolute Gasteiger partial charge is 0.301 e. The molecule has 11 heteroatoms. The lowest BCUT2D eigenvalue weighted by Gasteiger charge is -2.23. The zero-order valence-corrected chi connectivity index (χ0v) is 24.9. The monoisotopic (exact) mass is 603 g/mol. The highest BCUT2D eigenvalue weighted by Crippen LogP contribution is 2.45. The van der Waals surface area contributed by atoms with E-state index in [4.69, 9.17) is 9.47 Å². The summed E-state index contributed by atoms with van der Waals surface area (Å²) in [5.41, 5.74) is 2.96. The Hall–Kier alpha value is -4.35. The van der Waals surface area contributed by atoms with Gasteiger partial charge in [0.2, 0.25) is 5.13 Å². The van der Waals surface area contributed by atoms with Gasteiger partial charge in [0.1, 0.15) is 11.5 Å². The Kier molecular flexibility index (Phi) is 8.79. The quantitative estimate of drug-likeness (QED) is 0.0710. The summed E-state index contributed by atoms with van der Waals surface area (Å²) in [6.07, 6.45) is 0.846. The van der Waals surface area contributed by atoms with Gasteiger partial charge in [-0.1, -0.05) is 65.9 Å². The second-order valence-electron chi connectivity index (χ2n) is 9.60. The normalized spacial score (nSPS) is 16.2. The number of amides is 1. The van der Waals surface area contributed by atoms with Gasteiger partial charge in [0.25, 0.3) is 5.78 Å². The largest absolute Gasteiger partial charge is 0.507 e. The third kappa shape index (κ3) is 5.97. The standard InChI is InChI=1S/C31H29N3O6S2/c1-4-15-40-22-12-9-20(10-13-22)27(36)25-26(21-11-14-23(35)24(16-21)39-3)34(29(38)28(25)37)30-32-33-31(42-30)41-17-19-7-5-18(2)6-8-19/h5-14,16,26,35-36H,4,15,17H2,1-3H3/b27-25-. The molecule has 0 bridgehead atoms. The first-order valence-electron chi connectivity index (χ1n) is 13.2. The number of aliphatic hydroxyl groups excluding tert-OH is 1. The Bertz CT molecular complexity index is 1630. The number of benzene rings is 3. The van der Waals surface area contributed by atoms with E-state index in [1.54, 1.807) is 30.3 Å². The maximum absolute atomic E-state index is 13.5. The predicted octanol–water partition coefficient (Wildman–Crippen LogP) is 6.27. The number of anilines is 1. The number of nitrogens with zero attached hydrogens (tertiary/aromatic N) is 3. The fourth-order valence-corrected chi connectivity index (χ4v) is 6.30. The minimum absolute atomic E-state index is 0.105. The topological polar surface area (TPSA) is 122 Å². The van der Waals surface area contributed by atoms with Crippen LogP contribution in [0.3, 0.4) is 0 Å². The van der Waals surface area contributed by atoms with E-state index in [2.05, 4.69) is 10.2 Å². The first kappa shape index (κ1) is 29.2. The zero-order chi connectivity index (χ0) is 29.8. The Morgan fingerprint density at radius 3 is 2.48 bits per heavy atom. The van der Waals surface area contributed by atoms with E-state index in [0.29, 0.717) is 33.6 Å². The molecule has 4 aromatic rings. The first-order valence-corrected chi connectivity index (χ1v) is 15.0. The second-order valence-corrected chi connectivity index (χ2v) is 11.8. The molecule has 1 amide bonds. The van der Waals surface area contributed by atoms with Crippen molar-refractivity contribution in [1.82, 2.24) is 10.2 Å². The number of phenols is 1. The van der Waals surface area contributed by atoms with Gasteiger partial charge in [-0.2, -0.15) is 0 Å². The number of carbonyl (C=O) groups is 2. The lowest BCUT2D eigenvalue weighted by molar-refractivity contribution is -0.132. The molecule has 1 aliphatic rings. The average molecular weight is 604 g/mol. The van der Waals surface area contributed by atoms with E-state index in [9.17, 15) is 19.8 Å². The fourth-order valence-electron chi connectivity index (χ4n) is 4.48. The number of hydrogen-bond donors (Lipinski definition) is 2. The van der Waals surface area contributed by atoms with Gasteiger partial charge in [0.15, 0.2) is 15.8 Å². The number of thioether (sulfide) groups is 1. The van der Waals surface area contributed by atoms with Crippen molar-refractivity contribution in [2.45, 2.75) is 36.4 Å². The van der Waals surface area contributed by atoms with E-state index in [1.807, 2.05) is 38.1 Å². The number of aromatic hydroxyl groups is 1. The number of rotatable bonds is 10. The van der Waals surface area contributed by atoms with Gasteiger partial charge in [0.05, 0.1) is 25.3 Å². The highest BCUT2D eigenvalue weighted by molar-refractivity contribution is 8.00. The molecule has 1 fully saturated rings. The molecule has 0 spiro atoms. The number of methoxy groups -OCH3 is 1. The van der Waals surface area contributed by atoms with E-state index in [-0.39, 0.29) is 28.0 Å². The summed E-state index contributed by atoms with van der Waals surface area (Å²) >= 11 is 2.65. The molecular formula is C31H29N3O6S2. The highest BCUT2D eigenvalue weighted by atomic mass is 32.2. The Labute approximate surface area is 251 Å². The van der Waals surface area contributed by atoms with Crippen LogP contribution >= 0.6 is 23.1 Å². The van der Waals surface area contributed by atoms with Crippen molar-refractivity contribution in [3.63, 3.8) is 0 Å². The molecule has 0 radical (unpaired) electrons. The summed E-state index contributed by atoms with van der Waals surface area (Å²) in [6, 6.07) is 18.3. The number of Topliss-reactive ketones (excluding diaryl/α,β-unsaturated/α-hetero) is 1. The van der Waals surface area contributed by atoms with Crippen LogP contribution < -0.4 is 14.4 Å². The first-order chi connectivity index (χ1) is 20.3. The average Bonchev–Trinajstić information content (AvgIpc) is 3.57. The third-order valence-corrected chi connectivity index (χ3v) is 8.78. The summed E-state index contributed by atoms with van der Waals surface area (Å²) in [5, 5.41) is 30.3. The maximum atomic E-state index is 13.5. The molecule has 2 heterocycles. The van der Waals surface area contributed by atoms with Crippen molar-refractivity contribution in [1.29, 1.82) is 0 Å². The van der Waals surface area contributed by atoms with Gasteiger partial charge in [0, 0.05) is 11.3 Å². The molecule has 0 aliphatic carbocycles. The molecule has 216 valence electrons. The highest BCUT2D eigenvalue weighted by Gasteiger charge is 2.48. The van der Waals surface area contributed by atoms with Crippen LogP contribution in [0.1, 0.15) is 41.6 Å². The van der Waals surface area contributed by atoms with Crippen LogP contribution in [0, 0.1) is 6.92 Å². The molecular weight excluding hydrogens is 574 g/mol. The van der Waals surface area contributed by atoms with Gasteiger partial charge < -0.3 is 19.7 Å². The molecule has 2 N–H and O–H groups in total. The van der Waals surface area contributed by atoms with Crippen LogP contribution in [0.4, 0.5) is 5.13 Å². The van der Waals surface area contributed by atoms with Crippen molar-refractivity contribution >= 4 is 45.7 Å². The molecule has 0 saturated carbocycles. The van der Waals surface area contributed by atoms with E-state index >= 15 is 0 Å². The lowest BCUT2D eigenvalue weighted by Crippen LogP contribution is -2.29. The Morgan fingerprint density at radius 1 is 1.05 bits per heavy atom. The number of ether oxygens (including phenoxy) is 2. The fraction of sp³-hybridized carbons (Fsp3) is 0.226. The van der Waals surface area contributed by atoms with E-state index < -0.39 is 17.7 Å². The van der Waals surface area contributed by atoms with Crippen molar-refractivity contribution in [2.75, 3.05) is 18.6 Å². The van der Waals surface area contributed by atoms with Crippen LogP contribution in [0.25, 0.3) is 5.76 Å². The number of carbonyl (C=O) groups excluding carboxylic acids is 2. The van der Waals surface area contributed by atoms with Gasteiger partial charge in [-0.3, -0.25) is 14.5 Å². The summed E-state index contributed by atoms with van der Waals surface area (Å²) in [7, 11) is 1.40. The molecule has 42 heavy (non-hydrogen) atoms. The van der Waals surface area contributed by atoms with Crippen molar-refractivity contribution < 1.29 is 29.3 Å². The number of hydrogen-bond acceptors (Lipinski definition) is 10. The van der Waals surface area contributed by atoms with Gasteiger partial charge in [-0.05, 0) is 60.9 Å². The molecule has 1 atom stereocenters. The molecule has 3 aromatic carbocycles. The maximum Gasteiger partial charge on any atom is 0.301 e. The van der Waals surface area contributed by atoms with Crippen LogP contribution in [0.15, 0.2) is 76.6 Å². The number of aliphatic hydroxyl groups is 1. The summed E-state index contributed by atoms with van der Waals surface area (Å²) in [4.78, 5) is 28.3. The Balaban J connectivity index is 1.53. The molecule has 9 nitrogen and oxygen atoms in total. The van der Waals surface area contributed by atoms with E-state index in [1.165, 1.54) is 52.8 Å². The van der Waals surface area contributed by atoms with Crippen molar-refractivity contribution in [3.05, 3.63) is 94.6 Å². The number of aryl methyl sites for hydroxylation is 1. The predicted molar refractivity (Wildman–Crippen MR) is 162 cm³/mol. The molecule has 5 rings (SSSR count). The van der Waals surface area contributed by atoms with Crippen LogP contribution in [-0.2, 0) is 15.3 Å². The van der Waals surface area contributed by atoms with Gasteiger partial charge in [-0.15, -0.1) is 10.2 Å².